The number of hydrogen-bond donors (Lipinski definition) is 3. The van der Waals surface area contributed by atoms with Gasteiger partial charge >= 0.3 is 11.7 Å². The topological polar surface area (TPSA) is 96.2 Å². The van der Waals surface area contributed by atoms with Gasteiger partial charge in [0, 0.05) is 28.4 Å². The largest absolute Gasteiger partial charge is 0.397 e. The summed E-state index contributed by atoms with van der Waals surface area (Å²) in [6.07, 6.45) is 1.45. The molecule has 0 atom stereocenters. The molecule has 4 rings (SSSR count). The van der Waals surface area contributed by atoms with Crippen LogP contribution in [-0.2, 0) is 0 Å². The number of para-hydroxylation sites is 1. The Morgan fingerprint density at radius 3 is 2.56 bits per heavy atom. The highest BCUT2D eigenvalue weighted by Gasteiger charge is 2.26. The molecule has 4 N–H and O–H groups in total. The number of likely N-dealkylation sites (tertiary alicyclic amines) is 1. The number of carbonyl (C=O) groups is 1. The lowest BCUT2D eigenvalue weighted by Crippen LogP contribution is -2.42. The van der Waals surface area contributed by atoms with Gasteiger partial charge in [-0.3, -0.25) is 4.57 Å². The maximum Gasteiger partial charge on any atom is 0.326 e. The van der Waals surface area contributed by atoms with Gasteiger partial charge < -0.3 is 20.9 Å². The molecular weight excluding hydrogens is 457 g/mol. The van der Waals surface area contributed by atoms with Gasteiger partial charge in [-0.2, -0.15) is 0 Å². The van der Waals surface area contributed by atoms with Gasteiger partial charge in [0.1, 0.15) is 0 Å². The van der Waals surface area contributed by atoms with E-state index in [-0.39, 0.29) is 17.8 Å². The lowest BCUT2D eigenvalue weighted by molar-refractivity contribution is 0.184. The number of piperidine rings is 1. The molecule has 3 aromatic rings. The van der Waals surface area contributed by atoms with Crippen LogP contribution in [0.15, 0.2) is 47.3 Å². The molecule has 2 aromatic carbocycles. The third kappa shape index (κ3) is 3.53. The van der Waals surface area contributed by atoms with E-state index in [2.05, 4.69) is 32.9 Å². The number of nitrogen functional groups attached to an aromatic ring is 1. The minimum Gasteiger partial charge on any atom is -0.397 e. The van der Waals surface area contributed by atoms with Crippen LogP contribution in [0.3, 0.4) is 0 Å². The molecule has 0 spiro atoms. The van der Waals surface area contributed by atoms with E-state index in [0.717, 1.165) is 27.6 Å². The van der Waals surface area contributed by atoms with Crippen molar-refractivity contribution in [1.29, 1.82) is 0 Å². The minimum atomic E-state index is -0.148. The van der Waals surface area contributed by atoms with Gasteiger partial charge in [-0.05, 0) is 71.8 Å². The second kappa shape index (κ2) is 7.26. The number of H-pyrrole nitrogens is 1. The van der Waals surface area contributed by atoms with Crippen LogP contribution in [0.1, 0.15) is 18.9 Å². The highest BCUT2D eigenvalue weighted by molar-refractivity contribution is 14.1. The Labute approximate surface area is 169 Å². The van der Waals surface area contributed by atoms with Crippen LogP contribution in [0.4, 0.5) is 16.2 Å². The zero-order chi connectivity index (χ0) is 19.0. The Morgan fingerprint density at radius 2 is 1.85 bits per heavy atom. The van der Waals surface area contributed by atoms with Gasteiger partial charge in [-0.15, -0.1) is 0 Å². The predicted octanol–water partition coefficient (Wildman–Crippen LogP) is 3.39. The average molecular weight is 477 g/mol. The van der Waals surface area contributed by atoms with Crippen molar-refractivity contribution in [2.24, 2.45) is 0 Å². The van der Waals surface area contributed by atoms with Crippen LogP contribution < -0.4 is 16.7 Å². The van der Waals surface area contributed by atoms with Gasteiger partial charge in [0.25, 0.3) is 0 Å². The van der Waals surface area contributed by atoms with Crippen LogP contribution in [-0.4, -0.2) is 33.6 Å². The number of rotatable bonds is 2. The number of hydrogen-bond acceptors (Lipinski definition) is 3. The van der Waals surface area contributed by atoms with E-state index in [1.54, 1.807) is 15.5 Å². The maximum atomic E-state index is 12.5. The fourth-order valence-corrected chi connectivity index (χ4v) is 3.96. The van der Waals surface area contributed by atoms with Crippen LogP contribution in [0, 0.1) is 3.57 Å². The van der Waals surface area contributed by atoms with Gasteiger partial charge in [-0.1, -0.05) is 6.07 Å². The first-order valence-corrected chi connectivity index (χ1v) is 9.91. The number of urea groups is 1. The number of benzene rings is 2. The SMILES string of the molecule is Nc1cccc2c1[nH]c(=O)n2C1CCN(C(=O)Nc2ccc(I)cc2)CC1. The van der Waals surface area contributed by atoms with Gasteiger partial charge in [-0.25, -0.2) is 9.59 Å². The zero-order valence-corrected chi connectivity index (χ0v) is 16.8. The second-order valence-corrected chi connectivity index (χ2v) is 7.94. The Morgan fingerprint density at radius 1 is 1.15 bits per heavy atom. The van der Waals surface area contributed by atoms with Crippen molar-refractivity contribution in [3.8, 4) is 0 Å². The molecule has 0 saturated carbocycles. The first-order valence-electron chi connectivity index (χ1n) is 8.83. The summed E-state index contributed by atoms with van der Waals surface area (Å²) in [5.74, 6) is 0. The molecule has 1 aromatic heterocycles. The molecule has 2 amide bonds. The molecule has 8 heteroatoms. The van der Waals surface area contributed by atoms with E-state index < -0.39 is 0 Å². The van der Waals surface area contributed by atoms with Crippen LogP contribution in [0.2, 0.25) is 0 Å². The summed E-state index contributed by atoms with van der Waals surface area (Å²) < 4.78 is 2.90. The molecule has 2 heterocycles. The van der Waals surface area contributed by atoms with Crippen LogP contribution in [0.5, 0.6) is 0 Å². The van der Waals surface area contributed by atoms with E-state index in [0.29, 0.717) is 24.3 Å². The monoisotopic (exact) mass is 477 g/mol. The minimum absolute atomic E-state index is 0.0513. The Bertz CT molecular complexity index is 1030. The van der Waals surface area contributed by atoms with Crippen molar-refractivity contribution >= 4 is 51.0 Å². The van der Waals surface area contributed by atoms with E-state index in [1.165, 1.54) is 0 Å². The Balaban J connectivity index is 1.45. The lowest BCUT2D eigenvalue weighted by atomic mass is 10.0. The quantitative estimate of drug-likeness (QED) is 0.390. The first kappa shape index (κ1) is 17.9. The fraction of sp³-hybridized carbons (Fsp3) is 0.263. The number of nitrogens with zero attached hydrogens (tertiary/aromatic N) is 2. The summed E-state index contributed by atoms with van der Waals surface area (Å²) in [5.41, 5.74) is 8.67. The highest BCUT2D eigenvalue weighted by Crippen LogP contribution is 2.27. The molecule has 0 aliphatic carbocycles. The first-order chi connectivity index (χ1) is 13.0. The number of aromatic amines is 1. The molecule has 27 heavy (non-hydrogen) atoms. The summed E-state index contributed by atoms with van der Waals surface area (Å²) in [6, 6.07) is 13.2. The smallest absolute Gasteiger partial charge is 0.326 e. The number of amides is 2. The standard InChI is InChI=1S/C19H20IN5O2/c20-12-4-6-13(7-5-12)22-18(26)24-10-8-14(9-11-24)25-16-3-1-2-15(21)17(16)23-19(25)27/h1-7,14H,8-11,21H2,(H,22,26)(H,23,27). The predicted molar refractivity (Wildman–Crippen MR) is 115 cm³/mol. The fourth-order valence-electron chi connectivity index (χ4n) is 3.60. The molecule has 0 radical (unpaired) electrons. The van der Waals surface area contributed by atoms with E-state index in [1.807, 2.05) is 36.4 Å². The van der Waals surface area contributed by atoms with E-state index in [9.17, 15) is 9.59 Å². The van der Waals surface area contributed by atoms with Crippen LogP contribution in [0.25, 0.3) is 11.0 Å². The van der Waals surface area contributed by atoms with Crippen molar-refractivity contribution in [2.75, 3.05) is 24.1 Å². The van der Waals surface area contributed by atoms with Crippen molar-refractivity contribution in [3.05, 3.63) is 56.5 Å². The number of anilines is 2. The van der Waals surface area contributed by atoms with Gasteiger partial charge in [0.15, 0.2) is 0 Å². The number of halogens is 1. The lowest BCUT2D eigenvalue weighted by Gasteiger charge is -2.32. The molecule has 0 unspecified atom stereocenters. The van der Waals surface area contributed by atoms with Crippen molar-refractivity contribution in [1.82, 2.24) is 14.5 Å². The molecule has 1 aliphatic heterocycles. The highest BCUT2D eigenvalue weighted by atomic mass is 127. The summed E-state index contributed by atoms with van der Waals surface area (Å²) in [4.78, 5) is 29.6. The van der Waals surface area contributed by atoms with Gasteiger partial charge in [0.2, 0.25) is 0 Å². The normalized spacial score (nSPS) is 15.2. The maximum absolute atomic E-state index is 12.5. The summed E-state index contributed by atoms with van der Waals surface area (Å²) in [5, 5.41) is 2.93. The molecule has 7 nitrogen and oxygen atoms in total. The third-order valence-corrected chi connectivity index (χ3v) is 5.72. The molecule has 1 saturated heterocycles. The molecule has 0 bridgehead atoms. The van der Waals surface area contributed by atoms with Crippen molar-refractivity contribution in [2.45, 2.75) is 18.9 Å². The number of fused-ring (bicyclic) bond motifs is 1. The van der Waals surface area contributed by atoms with E-state index >= 15 is 0 Å². The van der Waals surface area contributed by atoms with Crippen molar-refractivity contribution < 1.29 is 4.79 Å². The number of nitrogens with one attached hydrogen (secondary N) is 2. The van der Waals surface area contributed by atoms with Gasteiger partial charge in [0.05, 0.1) is 16.7 Å². The summed E-state index contributed by atoms with van der Waals surface area (Å²) in [6.45, 7) is 1.20. The average Bonchev–Trinajstić information content (AvgIpc) is 3.01. The summed E-state index contributed by atoms with van der Waals surface area (Å²) in [7, 11) is 0. The number of nitrogens with two attached hydrogens (primary N) is 1. The number of imidazole rings is 1. The van der Waals surface area contributed by atoms with E-state index in [4.69, 9.17) is 5.73 Å². The number of aromatic nitrogens is 2. The molecule has 1 aliphatic rings. The molecular formula is C19H20IN5O2. The van der Waals surface area contributed by atoms with Crippen molar-refractivity contribution in [3.63, 3.8) is 0 Å². The third-order valence-electron chi connectivity index (χ3n) is 5.00. The zero-order valence-electron chi connectivity index (χ0n) is 14.6. The number of carbonyl (C=O) groups excluding carboxylic acids is 1. The second-order valence-electron chi connectivity index (χ2n) is 6.70. The molecule has 1 fully saturated rings. The Kier molecular flexibility index (Phi) is 4.81. The Hall–Kier alpha value is -2.49. The summed E-state index contributed by atoms with van der Waals surface area (Å²) >= 11 is 2.23. The van der Waals surface area contributed by atoms with Crippen LogP contribution >= 0.6 is 22.6 Å². The molecule has 140 valence electrons.